The quantitative estimate of drug-likeness (QED) is 0.390. The van der Waals surface area contributed by atoms with Crippen LogP contribution in [0.1, 0.15) is 27.5 Å². The summed E-state index contributed by atoms with van der Waals surface area (Å²) in [6, 6.07) is 12.3. The summed E-state index contributed by atoms with van der Waals surface area (Å²) in [4.78, 5) is 36.7. The Bertz CT molecular complexity index is 1460. The molecule has 1 saturated heterocycles. The predicted octanol–water partition coefficient (Wildman–Crippen LogP) is 4.21. The van der Waals surface area contributed by atoms with Crippen LogP contribution in [0, 0.1) is 13.8 Å². The van der Waals surface area contributed by atoms with E-state index in [1.54, 1.807) is 41.0 Å². The number of likely N-dealkylation sites (tertiary alicyclic amines) is 1. The number of hydrogen-bond acceptors (Lipinski definition) is 8. The van der Waals surface area contributed by atoms with Crippen molar-refractivity contribution in [1.29, 1.82) is 0 Å². The second-order valence-corrected chi connectivity index (χ2v) is 10.0. The maximum atomic E-state index is 13.0. The van der Waals surface area contributed by atoms with Crippen LogP contribution < -0.4 is 14.8 Å². The number of amides is 2. The van der Waals surface area contributed by atoms with Crippen molar-refractivity contribution >= 4 is 28.3 Å². The Morgan fingerprint density at radius 2 is 1.84 bits per heavy atom. The van der Waals surface area contributed by atoms with Crippen LogP contribution in [0.3, 0.4) is 0 Å². The van der Waals surface area contributed by atoms with Gasteiger partial charge in [-0.1, -0.05) is 0 Å². The number of carbonyl (C=O) groups excluding carboxylic acids is 2. The van der Waals surface area contributed by atoms with Gasteiger partial charge < -0.3 is 14.4 Å². The summed E-state index contributed by atoms with van der Waals surface area (Å²) >= 11 is 1.38. The van der Waals surface area contributed by atoms with Crippen LogP contribution in [0.4, 0.5) is 5.13 Å². The summed E-state index contributed by atoms with van der Waals surface area (Å²) in [5, 5.41) is 7.59. The smallest absolute Gasteiger partial charge is 0.263 e. The Balaban J connectivity index is 1.40. The number of ether oxygens (including phenoxy) is 2. The first kappa shape index (κ1) is 24.4. The van der Waals surface area contributed by atoms with Gasteiger partial charge in [0.25, 0.3) is 11.8 Å². The molecule has 1 aliphatic heterocycles. The maximum absolute atomic E-state index is 13.0. The third-order valence-corrected chi connectivity index (χ3v) is 6.69. The van der Waals surface area contributed by atoms with Crippen molar-refractivity contribution in [3.63, 3.8) is 0 Å². The average Bonchev–Trinajstić information content (AvgIpc) is 3.53. The molecule has 1 aliphatic rings. The van der Waals surface area contributed by atoms with Crippen LogP contribution in [0.25, 0.3) is 11.4 Å². The highest BCUT2D eigenvalue weighted by molar-refractivity contribution is 7.15. The summed E-state index contributed by atoms with van der Waals surface area (Å²) in [5.74, 6) is 2.34. The first-order chi connectivity index (χ1) is 17.7. The molecule has 2 aromatic heterocycles. The van der Waals surface area contributed by atoms with Gasteiger partial charge in [0.1, 0.15) is 23.1 Å². The second-order valence-electron chi connectivity index (χ2n) is 8.81. The molecule has 2 amide bonds. The molecule has 190 valence electrons. The monoisotopic (exact) mass is 518 g/mol. The number of rotatable bonds is 7. The molecule has 2 aromatic carbocycles. The van der Waals surface area contributed by atoms with Crippen molar-refractivity contribution in [3.05, 3.63) is 64.9 Å². The lowest BCUT2D eigenvalue weighted by molar-refractivity contribution is -0.132. The highest BCUT2D eigenvalue weighted by atomic mass is 32.1. The highest BCUT2D eigenvalue weighted by Crippen LogP contribution is 2.31. The van der Waals surface area contributed by atoms with Gasteiger partial charge in [0.05, 0.1) is 0 Å². The summed E-state index contributed by atoms with van der Waals surface area (Å²) in [6.07, 6.45) is 1.67. The molecule has 1 unspecified atom stereocenters. The van der Waals surface area contributed by atoms with Crippen molar-refractivity contribution in [1.82, 2.24) is 24.6 Å². The lowest BCUT2D eigenvalue weighted by atomic mass is 10.1. The Kier molecular flexibility index (Phi) is 6.62. The molecule has 0 radical (unpaired) electrons. The number of nitrogens with one attached hydrogen (secondary N) is 1. The van der Waals surface area contributed by atoms with E-state index >= 15 is 0 Å². The molecule has 5 rings (SSSR count). The minimum absolute atomic E-state index is 0.0924. The number of likely N-dealkylation sites (N-methyl/N-ethyl adjacent to an activating group) is 1. The van der Waals surface area contributed by atoms with E-state index in [1.165, 1.54) is 11.3 Å². The zero-order valence-corrected chi connectivity index (χ0v) is 21.7. The fourth-order valence-corrected chi connectivity index (χ4v) is 4.71. The molecule has 1 fully saturated rings. The largest absolute Gasteiger partial charge is 0.480 e. The first-order valence-electron chi connectivity index (χ1n) is 11.7. The van der Waals surface area contributed by atoms with E-state index in [0.717, 1.165) is 16.3 Å². The molecule has 1 atom stereocenters. The summed E-state index contributed by atoms with van der Waals surface area (Å²) in [7, 11) is 3.59. The number of aryl methyl sites for hydroxylation is 3. The average molecular weight is 519 g/mol. The van der Waals surface area contributed by atoms with Crippen LogP contribution >= 0.6 is 11.3 Å². The summed E-state index contributed by atoms with van der Waals surface area (Å²) in [6.45, 7) is 4.38. The van der Waals surface area contributed by atoms with Gasteiger partial charge in [-0.25, -0.2) is 14.6 Å². The number of benzene rings is 2. The lowest BCUT2D eigenvalue weighted by Gasteiger charge is -2.15. The van der Waals surface area contributed by atoms with Gasteiger partial charge >= 0.3 is 0 Å². The van der Waals surface area contributed by atoms with E-state index in [-0.39, 0.29) is 11.8 Å². The zero-order valence-electron chi connectivity index (χ0n) is 20.9. The molecule has 0 saturated carbocycles. The molecule has 10 nitrogen and oxygen atoms in total. The lowest BCUT2D eigenvalue weighted by Crippen LogP contribution is -2.29. The fraction of sp³-hybridized carbons (Fsp3) is 0.269. The molecule has 0 aliphatic carbocycles. The van der Waals surface area contributed by atoms with Crippen LogP contribution in [-0.4, -0.2) is 56.2 Å². The van der Waals surface area contributed by atoms with Crippen molar-refractivity contribution in [2.45, 2.75) is 26.4 Å². The van der Waals surface area contributed by atoms with Crippen LogP contribution in [0.15, 0.2) is 48.7 Å². The van der Waals surface area contributed by atoms with E-state index in [9.17, 15) is 9.59 Å². The van der Waals surface area contributed by atoms with Crippen molar-refractivity contribution in [3.8, 4) is 28.6 Å². The number of carbonyl (C=O) groups is 2. The molecular formula is C26H26N6O4S. The van der Waals surface area contributed by atoms with Gasteiger partial charge in [-0.3, -0.25) is 14.9 Å². The van der Waals surface area contributed by atoms with Gasteiger partial charge in [-0.2, -0.15) is 5.10 Å². The van der Waals surface area contributed by atoms with Crippen molar-refractivity contribution in [2.24, 2.45) is 7.05 Å². The Labute approximate surface area is 217 Å². The first-order valence-corrected chi connectivity index (χ1v) is 12.5. The number of thiazole rings is 1. The van der Waals surface area contributed by atoms with Gasteiger partial charge in [-0.05, 0) is 50.2 Å². The van der Waals surface area contributed by atoms with Gasteiger partial charge in [0.2, 0.25) is 0 Å². The van der Waals surface area contributed by atoms with E-state index in [0.29, 0.717) is 46.7 Å². The summed E-state index contributed by atoms with van der Waals surface area (Å²) < 4.78 is 13.8. The Morgan fingerprint density at radius 1 is 1.08 bits per heavy atom. The van der Waals surface area contributed by atoms with E-state index in [4.69, 9.17) is 9.47 Å². The van der Waals surface area contributed by atoms with Crippen molar-refractivity contribution < 1.29 is 19.1 Å². The third-order valence-electron chi connectivity index (χ3n) is 5.86. The molecule has 4 aromatic rings. The standard InChI is InChI=1S/C26H26N6O4S/c1-15-14-27-26(37-15)29-24(33)18-11-20(13-21(12-18)36-22-9-10-31(3)25(22)34)35-19-7-5-17(6-8-19)23-28-16(2)30-32(23)4/h5-8,11-14,22H,9-10H2,1-4H3,(H,27,29,33). The number of hydrogen-bond donors (Lipinski definition) is 1. The van der Waals surface area contributed by atoms with E-state index in [2.05, 4.69) is 20.4 Å². The van der Waals surface area contributed by atoms with Crippen LogP contribution in [0.5, 0.6) is 17.2 Å². The molecule has 0 bridgehead atoms. The number of anilines is 1. The number of nitrogens with zero attached hydrogens (tertiary/aromatic N) is 5. The molecular weight excluding hydrogens is 492 g/mol. The minimum Gasteiger partial charge on any atom is -0.480 e. The molecule has 11 heteroatoms. The zero-order chi connectivity index (χ0) is 26.1. The van der Waals surface area contributed by atoms with Crippen molar-refractivity contribution in [2.75, 3.05) is 18.9 Å². The minimum atomic E-state index is -0.605. The molecule has 37 heavy (non-hydrogen) atoms. The normalized spacial score (nSPS) is 15.2. The van der Waals surface area contributed by atoms with Gasteiger partial charge in [0, 0.05) is 55.3 Å². The third kappa shape index (κ3) is 5.46. The highest BCUT2D eigenvalue weighted by Gasteiger charge is 2.31. The maximum Gasteiger partial charge on any atom is 0.263 e. The second kappa shape index (κ2) is 10.0. The van der Waals surface area contributed by atoms with E-state index < -0.39 is 6.10 Å². The fourth-order valence-electron chi connectivity index (χ4n) is 4.05. The van der Waals surface area contributed by atoms with Crippen LogP contribution in [0.2, 0.25) is 0 Å². The van der Waals surface area contributed by atoms with Gasteiger partial charge in [-0.15, -0.1) is 11.3 Å². The van der Waals surface area contributed by atoms with Gasteiger partial charge in [0.15, 0.2) is 17.1 Å². The Morgan fingerprint density at radius 3 is 2.46 bits per heavy atom. The SMILES string of the molecule is Cc1nc(-c2ccc(Oc3cc(OC4CCN(C)C4=O)cc(C(=O)Nc4ncc(C)s4)c3)cc2)n(C)n1. The van der Waals surface area contributed by atoms with Crippen LogP contribution in [-0.2, 0) is 11.8 Å². The summed E-state index contributed by atoms with van der Waals surface area (Å²) in [5.41, 5.74) is 1.22. The molecule has 0 spiro atoms. The topological polar surface area (TPSA) is 111 Å². The van der Waals surface area contributed by atoms with E-state index in [1.807, 2.05) is 45.2 Å². The predicted molar refractivity (Wildman–Crippen MR) is 139 cm³/mol. The molecule has 1 N–H and O–H groups in total. The number of aromatic nitrogens is 4. The molecule has 3 heterocycles. The Hall–Kier alpha value is -4.25.